The fraction of sp³-hybridized carbons (Fsp3) is 0.333. The van der Waals surface area contributed by atoms with Crippen LogP contribution in [0.5, 0.6) is 0 Å². The van der Waals surface area contributed by atoms with Crippen molar-refractivity contribution < 1.29 is 5.11 Å². The Morgan fingerprint density at radius 2 is 1.95 bits per heavy atom. The van der Waals surface area contributed by atoms with Crippen LogP contribution in [0.1, 0.15) is 30.4 Å². The van der Waals surface area contributed by atoms with Gasteiger partial charge in [0.25, 0.3) is 0 Å². The van der Waals surface area contributed by atoms with Gasteiger partial charge in [0.1, 0.15) is 6.33 Å². The molecule has 1 aromatic carbocycles. The van der Waals surface area contributed by atoms with Crippen molar-refractivity contribution in [3.05, 3.63) is 60.2 Å². The van der Waals surface area contributed by atoms with E-state index in [1.165, 1.54) is 5.56 Å². The highest BCUT2D eigenvalue weighted by molar-refractivity contribution is 7.99. The molecule has 0 saturated carbocycles. The third-order valence-corrected chi connectivity index (χ3v) is 4.30. The summed E-state index contributed by atoms with van der Waals surface area (Å²) < 4.78 is 0. The van der Waals surface area contributed by atoms with Gasteiger partial charge in [-0.25, -0.2) is 9.97 Å². The lowest BCUT2D eigenvalue weighted by Crippen LogP contribution is -2.22. The second-order valence-electron chi connectivity index (χ2n) is 5.05. The van der Waals surface area contributed by atoms with Crippen LogP contribution in [-0.4, -0.2) is 26.4 Å². The monoisotopic (exact) mass is 274 g/mol. The van der Waals surface area contributed by atoms with Crippen molar-refractivity contribution >= 4 is 11.8 Å². The third kappa shape index (κ3) is 4.33. The van der Waals surface area contributed by atoms with E-state index in [2.05, 4.69) is 22.1 Å². The van der Waals surface area contributed by atoms with Crippen molar-refractivity contribution in [3.8, 4) is 0 Å². The first-order valence-corrected chi connectivity index (χ1v) is 7.26. The van der Waals surface area contributed by atoms with Crippen LogP contribution in [0, 0.1) is 0 Å². The Morgan fingerprint density at radius 3 is 2.53 bits per heavy atom. The summed E-state index contributed by atoms with van der Waals surface area (Å²) in [5, 5.41) is 10.0. The molecule has 0 bridgehead atoms. The molecule has 0 aliphatic carbocycles. The molecule has 0 aliphatic rings. The van der Waals surface area contributed by atoms with E-state index in [0.29, 0.717) is 5.75 Å². The highest BCUT2D eigenvalue weighted by Crippen LogP contribution is 2.35. The topological polar surface area (TPSA) is 46.0 Å². The molecule has 1 heterocycles. The van der Waals surface area contributed by atoms with E-state index in [1.54, 1.807) is 24.3 Å². The van der Waals surface area contributed by atoms with Gasteiger partial charge < -0.3 is 5.11 Å². The molecule has 1 unspecified atom stereocenters. The molecular formula is C15H18N2OS. The molecular weight excluding hydrogens is 256 g/mol. The van der Waals surface area contributed by atoms with Crippen molar-refractivity contribution in [2.45, 2.75) is 24.7 Å². The number of nitrogens with zero attached hydrogens (tertiary/aromatic N) is 2. The van der Waals surface area contributed by atoms with Crippen LogP contribution in [0.4, 0.5) is 0 Å². The van der Waals surface area contributed by atoms with Crippen LogP contribution in [0.15, 0.2) is 48.9 Å². The van der Waals surface area contributed by atoms with Crippen molar-refractivity contribution in [2.24, 2.45) is 0 Å². The minimum Gasteiger partial charge on any atom is -0.390 e. The normalized spacial score (nSPS) is 13.2. The molecule has 4 heteroatoms. The molecule has 0 radical (unpaired) electrons. The Balaban J connectivity index is 2.24. The summed E-state index contributed by atoms with van der Waals surface area (Å²) >= 11 is 1.69. The van der Waals surface area contributed by atoms with Crippen molar-refractivity contribution in [1.29, 1.82) is 0 Å². The minimum absolute atomic E-state index is 0.121. The van der Waals surface area contributed by atoms with Gasteiger partial charge in [0, 0.05) is 11.9 Å². The average molecular weight is 274 g/mol. The molecule has 19 heavy (non-hydrogen) atoms. The summed E-state index contributed by atoms with van der Waals surface area (Å²) in [6.45, 7) is 3.64. The molecule has 100 valence electrons. The van der Waals surface area contributed by atoms with E-state index in [0.717, 1.165) is 5.69 Å². The van der Waals surface area contributed by atoms with Gasteiger partial charge in [0.05, 0.1) is 16.5 Å². The van der Waals surface area contributed by atoms with Crippen LogP contribution in [0.25, 0.3) is 0 Å². The van der Waals surface area contributed by atoms with Crippen molar-refractivity contribution in [2.75, 3.05) is 5.75 Å². The summed E-state index contributed by atoms with van der Waals surface area (Å²) in [4.78, 5) is 8.30. The lowest BCUT2D eigenvalue weighted by molar-refractivity contribution is 0.107. The second-order valence-corrected chi connectivity index (χ2v) is 6.14. The zero-order valence-electron chi connectivity index (χ0n) is 11.2. The van der Waals surface area contributed by atoms with Gasteiger partial charge in [-0.3, -0.25) is 0 Å². The number of hydrogen-bond acceptors (Lipinski definition) is 4. The number of aromatic nitrogens is 2. The Kier molecular flexibility index (Phi) is 4.56. The van der Waals surface area contributed by atoms with Crippen molar-refractivity contribution in [1.82, 2.24) is 9.97 Å². The largest absolute Gasteiger partial charge is 0.390 e. The lowest BCUT2D eigenvalue weighted by atomic mass is 10.1. The van der Waals surface area contributed by atoms with Gasteiger partial charge in [0.2, 0.25) is 0 Å². The maximum absolute atomic E-state index is 9.91. The number of thioether (sulfide) groups is 1. The summed E-state index contributed by atoms with van der Waals surface area (Å²) in [5.74, 6) is 0.649. The summed E-state index contributed by atoms with van der Waals surface area (Å²) in [5.41, 5.74) is 1.47. The lowest BCUT2D eigenvalue weighted by Gasteiger charge is -2.22. The predicted molar refractivity (Wildman–Crippen MR) is 79.1 cm³/mol. The average Bonchev–Trinajstić information content (AvgIpc) is 2.40. The molecule has 0 fully saturated rings. The van der Waals surface area contributed by atoms with E-state index in [4.69, 9.17) is 0 Å². The van der Waals surface area contributed by atoms with Crippen molar-refractivity contribution in [3.63, 3.8) is 0 Å². The van der Waals surface area contributed by atoms with E-state index < -0.39 is 5.60 Å². The Labute approximate surface area is 118 Å². The van der Waals surface area contributed by atoms with Crippen LogP contribution in [0.3, 0.4) is 0 Å². The Morgan fingerprint density at radius 1 is 1.21 bits per heavy atom. The van der Waals surface area contributed by atoms with Gasteiger partial charge in [-0.05, 0) is 25.5 Å². The van der Waals surface area contributed by atoms with Gasteiger partial charge in [-0.1, -0.05) is 30.3 Å². The highest BCUT2D eigenvalue weighted by atomic mass is 32.2. The Bertz CT molecular complexity index is 457. The molecule has 0 spiro atoms. The molecule has 0 aliphatic heterocycles. The van der Waals surface area contributed by atoms with E-state index in [1.807, 2.05) is 38.1 Å². The minimum atomic E-state index is -0.690. The number of aliphatic hydroxyl groups is 1. The molecule has 1 aromatic heterocycles. The zero-order valence-corrected chi connectivity index (χ0v) is 12.0. The van der Waals surface area contributed by atoms with Gasteiger partial charge in [0.15, 0.2) is 0 Å². The maximum atomic E-state index is 9.91. The van der Waals surface area contributed by atoms with Crippen LogP contribution in [-0.2, 0) is 0 Å². The molecule has 1 atom stereocenters. The van der Waals surface area contributed by atoms with Gasteiger partial charge in [-0.15, -0.1) is 11.8 Å². The molecule has 0 saturated heterocycles. The number of rotatable bonds is 5. The zero-order chi connectivity index (χ0) is 13.7. The third-order valence-electron chi connectivity index (χ3n) is 2.58. The fourth-order valence-corrected chi connectivity index (χ4v) is 2.96. The number of hydrogen-bond donors (Lipinski definition) is 1. The van der Waals surface area contributed by atoms with Crippen LogP contribution < -0.4 is 0 Å². The maximum Gasteiger partial charge on any atom is 0.115 e. The van der Waals surface area contributed by atoms with Crippen LogP contribution >= 0.6 is 11.8 Å². The van der Waals surface area contributed by atoms with E-state index >= 15 is 0 Å². The van der Waals surface area contributed by atoms with Gasteiger partial charge >= 0.3 is 0 Å². The predicted octanol–water partition coefficient (Wildman–Crippen LogP) is 3.07. The molecule has 2 aromatic rings. The molecule has 1 N–H and O–H groups in total. The molecule has 0 amide bonds. The standard InChI is InChI=1S/C15H18N2OS/c1-15(2,18)10-19-14(12-6-4-3-5-7-12)13-8-9-16-11-17-13/h3-9,11,14,18H,10H2,1-2H3. The molecule has 3 nitrogen and oxygen atoms in total. The van der Waals surface area contributed by atoms with Gasteiger partial charge in [-0.2, -0.15) is 0 Å². The quantitative estimate of drug-likeness (QED) is 0.910. The summed E-state index contributed by atoms with van der Waals surface area (Å²) in [6.07, 6.45) is 3.32. The molecule has 2 rings (SSSR count). The first-order chi connectivity index (χ1) is 9.06. The fourth-order valence-electron chi connectivity index (χ4n) is 1.72. The van der Waals surface area contributed by atoms with Crippen LogP contribution in [0.2, 0.25) is 0 Å². The van der Waals surface area contributed by atoms with E-state index in [9.17, 15) is 5.11 Å². The smallest absolute Gasteiger partial charge is 0.115 e. The first-order valence-electron chi connectivity index (χ1n) is 6.21. The van der Waals surface area contributed by atoms with E-state index in [-0.39, 0.29) is 5.25 Å². The number of benzene rings is 1. The second kappa shape index (κ2) is 6.17. The Hall–Kier alpha value is -1.39. The first kappa shape index (κ1) is 14.0. The SMILES string of the molecule is CC(C)(O)CSC(c1ccccc1)c1ccncn1. The highest BCUT2D eigenvalue weighted by Gasteiger charge is 2.20. The summed E-state index contributed by atoms with van der Waals surface area (Å²) in [6, 6.07) is 12.1. The summed E-state index contributed by atoms with van der Waals surface area (Å²) in [7, 11) is 0.